The van der Waals surface area contributed by atoms with Crippen LogP contribution in [0.25, 0.3) is 66.1 Å². The third-order valence-corrected chi connectivity index (χ3v) is 8.39. The van der Waals surface area contributed by atoms with Crippen LogP contribution in [0.3, 0.4) is 0 Å². The molecule has 0 aliphatic heterocycles. The molecule has 0 radical (unpaired) electrons. The molecule has 1 N–H and O–H groups in total. The van der Waals surface area contributed by atoms with Crippen LogP contribution in [0.1, 0.15) is 16.7 Å². The van der Waals surface area contributed by atoms with Crippen molar-refractivity contribution in [2.24, 2.45) is 0 Å². The average Bonchev–Trinajstić information content (AvgIpc) is 3.64. The lowest BCUT2D eigenvalue weighted by Crippen LogP contribution is -2.01. The lowest BCUT2D eigenvalue weighted by atomic mass is 10.0. The number of fused-ring (bicyclic) bond motifs is 4. The molecule has 4 nitrogen and oxygen atoms in total. The maximum atomic E-state index is 15.6. The van der Waals surface area contributed by atoms with Gasteiger partial charge in [0.2, 0.25) is 0 Å². The number of nitrogens with one attached hydrogen (secondary N) is 1. The number of hydrogen-bond acceptors (Lipinski definition) is 2. The van der Waals surface area contributed by atoms with Crippen molar-refractivity contribution < 1.29 is 4.39 Å². The van der Waals surface area contributed by atoms with Gasteiger partial charge in [-0.3, -0.25) is 0 Å². The molecule has 4 aromatic carbocycles. The topological polar surface area (TPSA) is 46.5 Å². The van der Waals surface area contributed by atoms with Gasteiger partial charge in [0.25, 0.3) is 0 Å². The van der Waals surface area contributed by atoms with Crippen LogP contribution in [0.4, 0.5) is 4.39 Å². The van der Waals surface area contributed by atoms with Crippen LogP contribution < -0.4 is 0 Å². The number of H-pyrrole nitrogens is 1. The number of halogens is 1. The fourth-order valence-corrected chi connectivity index (χ4v) is 6.31. The lowest BCUT2D eigenvalue weighted by molar-refractivity contribution is 0.639. The summed E-state index contributed by atoms with van der Waals surface area (Å²) in [6, 6.07) is 32.2. The molecule has 0 spiro atoms. The van der Waals surface area contributed by atoms with Gasteiger partial charge in [0.15, 0.2) is 0 Å². The van der Waals surface area contributed by atoms with Crippen LogP contribution in [0.5, 0.6) is 0 Å². The second-order valence-electron chi connectivity index (χ2n) is 11.0. The molecule has 0 aliphatic rings. The summed E-state index contributed by atoms with van der Waals surface area (Å²) in [4.78, 5) is 13.4. The zero-order valence-corrected chi connectivity index (χ0v) is 23.3. The van der Waals surface area contributed by atoms with E-state index in [9.17, 15) is 0 Å². The SMILES string of the molecule is Cc1ccc(Cn2cc(-c3ccc4ccccc4n3)c3c(F)ccc(C)c32)c2c(-c3ccc4ccccc4n3)c[nH]c12. The Balaban J connectivity index is 1.32. The summed E-state index contributed by atoms with van der Waals surface area (Å²) in [7, 11) is 0. The van der Waals surface area contributed by atoms with Crippen LogP contribution in [0.15, 0.2) is 109 Å². The Morgan fingerprint density at radius 1 is 0.667 bits per heavy atom. The van der Waals surface area contributed by atoms with Crippen LogP contribution in [0.2, 0.25) is 0 Å². The molecule has 8 rings (SSSR count). The number of benzene rings is 4. The fraction of sp³-hybridized carbons (Fsp3) is 0.0811. The highest BCUT2D eigenvalue weighted by molar-refractivity contribution is 6.01. The number of aromatic nitrogens is 4. The molecule has 0 bridgehead atoms. The summed E-state index contributed by atoms with van der Waals surface area (Å²) in [5.41, 5.74) is 10.7. The van der Waals surface area contributed by atoms with Gasteiger partial charge in [-0.25, -0.2) is 14.4 Å². The Kier molecular flexibility index (Phi) is 5.47. The minimum atomic E-state index is -0.240. The van der Waals surface area contributed by atoms with Gasteiger partial charge in [-0.1, -0.05) is 66.7 Å². The third kappa shape index (κ3) is 3.81. The number of nitrogens with zero attached hydrogens (tertiary/aromatic N) is 3. The molecule has 0 unspecified atom stereocenters. The summed E-state index contributed by atoms with van der Waals surface area (Å²) >= 11 is 0. The summed E-state index contributed by atoms with van der Waals surface area (Å²) < 4.78 is 17.8. The van der Waals surface area contributed by atoms with E-state index in [1.54, 1.807) is 6.07 Å². The Morgan fingerprint density at radius 3 is 2.02 bits per heavy atom. The highest BCUT2D eigenvalue weighted by atomic mass is 19.1. The van der Waals surface area contributed by atoms with Gasteiger partial charge in [-0.2, -0.15) is 0 Å². The highest BCUT2D eigenvalue weighted by Crippen LogP contribution is 2.37. The van der Waals surface area contributed by atoms with E-state index in [-0.39, 0.29) is 5.82 Å². The molecule has 0 saturated heterocycles. The Labute approximate surface area is 242 Å². The summed E-state index contributed by atoms with van der Waals surface area (Å²) in [5, 5.41) is 3.92. The molecule has 0 atom stereocenters. The zero-order chi connectivity index (χ0) is 28.4. The summed E-state index contributed by atoms with van der Waals surface area (Å²) in [6.07, 6.45) is 4.12. The predicted molar refractivity (Wildman–Crippen MR) is 170 cm³/mol. The van der Waals surface area contributed by atoms with E-state index < -0.39 is 0 Å². The molecule has 4 heterocycles. The fourth-order valence-electron chi connectivity index (χ4n) is 6.31. The number of rotatable bonds is 4. The quantitative estimate of drug-likeness (QED) is 0.239. The van der Waals surface area contributed by atoms with Gasteiger partial charge in [-0.05, 0) is 60.9 Å². The molecular weight excluding hydrogens is 519 g/mol. The second-order valence-corrected chi connectivity index (χ2v) is 11.0. The monoisotopic (exact) mass is 546 g/mol. The maximum absolute atomic E-state index is 15.6. The van der Waals surface area contributed by atoms with Crippen molar-refractivity contribution in [2.75, 3.05) is 0 Å². The van der Waals surface area contributed by atoms with Gasteiger partial charge in [0.05, 0.1) is 27.9 Å². The van der Waals surface area contributed by atoms with Crippen LogP contribution in [-0.2, 0) is 6.54 Å². The van der Waals surface area contributed by atoms with Gasteiger partial charge in [-0.15, -0.1) is 0 Å². The zero-order valence-electron chi connectivity index (χ0n) is 23.3. The van der Waals surface area contributed by atoms with E-state index in [2.05, 4.69) is 65.3 Å². The molecule has 4 aromatic heterocycles. The number of aryl methyl sites for hydroxylation is 2. The first-order chi connectivity index (χ1) is 20.5. The Bertz CT molecular complexity index is 2330. The third-order valence-electron chi connectivity index (χ3n) is 8.39. The van der Waals surface area contributed by atoms with E-state index in [0.29, 0.717) is 11.9 Å². The molecule has 0 saturated carbocycles. The molecule has 5 heteroatoms. The normalized spacial score (nSPS) is 11.8. The molecule has 42 heavy (non-hydrogen) atoms. The molecule has 0 amide bonds. The number of pyridine rings is 2. The molecular formula is C37H27FN4. The highest BCUT2D eigenvalue weighted by Gasteiger charge is 2.20. The standard InChI is InChI=1S/C37H27FN4/c1-22-11-13-26(34-27(19-39-36(22)34)32-17-14-24-7-3-5-9-30(24)40-32)20-42-21-28(35-29(38)16-12-23(2)37(35)42)33-18-15-25-8-4-6-10-31(25)41-33/h3-19,21,39H,20H2,1-2H3. The van der Waals surface area contributed by atoms with Crippen molar-refractivity contribution in [3.05, 3.63) is 132 Å². The van der Waals surface area contributed by atoms with Gasteiger partial charge >= 0.3 is 0 Å². The second kappa shape index (κ2) is 9.38. The van der Waals surface area contributed by atoms with Crippen LogP contribution >= 0.6 is 0 Å². The van der Waals surface area contributed by atoms with Crippen molar-refractivity contribution >= 4 is 43.6 Å². The van der Waals surface area contributed by atoms with Crippen LogP contribution in [0, 0.1) is 19.7 Å². The van der Waals surface area contributed by atoms with Crippen molar-refractivity contribution in [3.8, 4) is 22.5 Å². The molecule has 202 valence electrons. The first-order valence-electron chi connectivity index (χ1n) is 14.1. The first kappa shape index (κ1) is 24.5. The van der Waals surface area contributed by atoms with Crippen molar-refractivity contribution in [1.82, 2.24) is 19.5 Å². The van der Waals surface area contributed by atoms with E-state index in [1.807, 2.05) is 61.5 Å². The van der Waals surface area contributed by atoms with Crippen molar-refractivity contribution in [3.63, 3.8) is 0 Å². The largest absolute Gasteiger partial charge is 0.360 e. The first-order valence-corrected chi connectivity index (χ1v) is 14.1. The average molecular weight is 547 g/mol. The molecule has 8 aromatic rings. The Hall–Kier alpha value is -5.29. The minimum absolute atomic E-state index is 0.240. The van der Waals surface area contributed by atoms with E-state index >= 15 is 4.39 Å². The summed E-state index contributed by atoms with van der Waals surface area (Å²) in [5.74, 6) is -0.240. The van der Waals surface area contributed by atoms with Crippen LogP contribution in [-0.4, -0.2) is 19.5 Å². The van der Waals surface area contributed by atoms with Gasteiger partial charge in [0.1, 0.15) is 5.82 Å². The van der Waals surface area contributed by atoms with Crippen molar-refractivity contribution in [2.45, 2.75) is 20.4 Å². The lowest BCUT2D eigenvalue weighted by Gasteiger charge is -2.12. The van der Waals surface area contributed by atoms with E-state index in [4.69, 9.17) is 9.97 Å². The number of hydrogen-bond donors (Lipinski definition) is 1. The number of para-hydroxylation sites is 2. The van der Waals surface area contributed by atoms with E-state index in [0.717, 1.165) is 71.9 Å². The Morgan fingerprint density at radius 2 is 1.31 bits per heavy atom. The van der Waals surface area contributed by atoms with Crippen molar-refractivity contribution in [1.29, 1.82) is 0 Å². The molecule has 0 aliphatic carbocycles. The van der Waals surface area contributed by atoms with Gasteiger partial charge in [0, 0.05) is 57.1 Å². The summed E-state index contributed by atoms with van der Waals surface area (Å²) in [6.45, 7) is 4.74. The number of aromatic amines is 1. The smallest absolute Gasteiger partial charge is 0.133 e. The minimum Gasteiger partial charge on any atom is -0.360 e. The molecule has 0 fully saturated rings. The maximum Gasteiger partial charge on any atom is 0.133 e. The van der Waals surface area contributed by atoms with Gasteiger partial charge < -0.3 is 9.55 Å². The van der Waals surface area contributed by atoms with E-state index in [1.165, 1.54) is 5.56 Å². The predicted octanol–water partition coefficient (Wildman–Crippen LogP) is 9.36.